The Morgan fingerprint density at radius 2 is 2.23 bits per heavy atom. The van der Waals surface area contributed by atoms with Crippen molar-refractivity contribution >= 4 is 17.4 Å². The van der Waals surface area contributed by atoms with Gasteiger partial charge < -0.3 is 4.57 Å². The van der Waals surface area contributed by atoms with Crippen LogP contribution in [0, 0.1) is 6.92 Å². The number of allylic oxidation sites excluding steroid dienone is 1. The van der Waals surface area contributed by atoms with E-state index in [1.165, 1.54) is 16.2 Å². The van der Waals surface area contributed by atoms with E-state index in [2.05, 4.69) is 21.8 Å². The number of hydrogen-bond acceptors (Lipinski definition) is 5. The second-order valence-electron chi connectivity index (χ2n) is 4.73. The lowest BCUT2D eigenvalue weighted by Gasteiger charge is -2.06. The summed E-state index contributed by atoms with van der Waals surface area (Å²) in [5.74, 6) is 1.41. The minimum atomic E-state index is -0.0788. The van der Waals surface area contributed by atoms with Gasteiger partial charge in [-0.1, -0.05) is 23.9 Å². The average molecular weight is 313 g/mol. The highest BCUT2D eigenvalue weighted by molar-refractivity contribution is 7.98. The number of pyridine rings is 1. The summed E-state index contributed by atoms with van der Waals surface area (Å²) in [4.78, 5) is 16.5. The molecule has 0 spiro atoms. The molecule has 0 aliphatic carbocycles. The molecular weight excluding hydrogens is 298 g/mol. The van der Waals surface area contributed by atoms with E-state index in [0.29, 0.717) is 17.9 Å². The highest BCUT2D eigenvalue weighted by atomic mass is 32.2. The fourth-order valence-electron chi connectivity index (χ4n) is 2.12. The number of nitrogens with zero attached hydrogens (tertiary/aromatic N) is 5. The molecule has 0 aliphatic rings. The van der Waals surface area contributed by atoms with Crippen molar-refractivity contribution in [2.24, 2.45) is 0 Å². The largest absolute Gasteiger partial charge is 0.302 e. The molecule has 0 aliphatic heterocycles. The molecule has 0 unspecified atom stereocenters. The molecule has 3 heterocycles. The predicted octanol–water partition coefficient (Wildman–Crippen LogP) is 2.07. The van der Waals surface area contributed by atoms with Crippen molar-refractivity contribution in [1.82, 2.24) is 24.1 Å². The van der Waals surface area contributed by atoms with Crippen LogP contribution in [0.5, 0.6) is 0 Å². The van der Waals surface area contributed by atoms with Crippen molar-refractivity contribution in [3.8, 4) is 0 Å². The lowest BCUT2D eigenvalue weighted by atomic mass is 10.4. The lowest BCUT2D eigenvalue weighted by Crippen LogP contribution is -2.14. The second-order valence-corrected chi connectivity index (χ2v) is 5.67. The van der Waals surface area contributed by atoms with E-state index in [1.807, 2.05) is 29.7 Å². The quantitative estimate of drug-likeness (QED) is 0.533. The predicted molar refractivity (Wildman–Crippen MR) is 86.0 cm³/mol. The zero-order valence-electron chi connectivity index (χ0n) is 12.1. The van der Waals surface area contributed by atoms with E-state index in [1.54, 1.807) is 18.3 Å². The van der Waals surface area contributed by atoms with E-state index in [-0.39, 0.29) is 5.56 Å². The molecule has 22 heavy (non-hydrogen) atoms. The molecule has 0 atom stereocenters. The number of hydrogen-bond donors (Lipinski definition) is 0. The molecule has 0 bridgehead atoms. The van der Waals surface area contributed by atoms with Crippen LogP contribution in [0.2, 0.25) is 0 Å². The first-order valence-electron chi connectivity index (χ1n) is 6.80. The van der Waals surface area contributed by atoms with Gasteiger partial charge in [0, 0.05) is 24.6 Å². The molecule has 0 saturated heterocycles. The first-order valence-corrected chi connectivity index (χ1v) is 7.78. The van der Waals surface area contributed by atoms with Crippen molar-refractivity contribution in [2.75, 3.05) is 0 Å². The molecule has 0 amide bonds. The van der Waals surface area contributed by atoms with Gasteiger partial charge >= 0.3 is 0 Å². The van der Waals surface area contributed by atoms with Gasteiger partial charge in [-0.2, -0.15) is 0 Å². The third-order valence-electron chi connectivity index (χ3n) is 3.19. The first kappa shape index (κ1) is 14.5. The minimum absolute atomic E-state index is 0.0788. The SMILES string of the molecule is C=CCn1c(C)nnc1SCc1cc(=O)n2ccccc2n1. The summed E-state index contributed by atoms with van der Waals surface area (Å²) in [6.45, 7) is 6.31. The highest BCUT2D eigenvalue weighted by Crippen LogP contribution is 2.20. The Hall–Kier alpha value is -2.41. The van der Waals surface area contributed by atoms with Crippen LogP contribution in [-0.2, 0) is 12.3 Å². The second kappa shape index (κ2) is 6.15. The van der Waals surface area contributed by atoms with Gasteiger partial charge in [-0.05, 0) is 19.1 Å². The van der Waals surface area contributed by atoms with Crippen LogP contribution in [-0.4, -0.2) is 24.1 Å². The van der Waals surface area contributed by atoms with E-state index in [4.69, 9.17) is 0 Å². The Morgan fingerprint density at radius 3 is 3.05 bits per heavy atom. The number of aromatic nitrogens is 5. The summed E-state index contributed by atoms with van der Waals surface area (Å²) in [6.07, 6.45) is 3.52. The summed E-state index contributed by atoms with van der Waals surface area (Å²) in [5.41, 5.74) is 1.30. The third kappa shape index (κ3) is 2.80. The summed E-state index contributed by atoms with van der Waals surface area (Å²) in [7, 11) is 0. The molecule has 0 saturated carbocycles. The lowest BCUT2D eigenvalue weighted by molar-refractivity contribution is 0.703. The fourth-order valence-corrected chi connectivity index (χ4v) is 3.01. The standard InChI is InChI=1S/C15H15N5OS/c1-3-7-19-11(2)17-18-15(19)22-10-12-9-14(21)20-8-5-4-6-13(20)16-12/h3-6,8-9H,1,7,10H2,2H3. The van der Waals surface area contributed by atoms with Crippen LogP contribution >= 0.6 is 11.8 Å². The van der Waals surface area contributed by atoms with Crippen molar-refractivity contribution in [3.05, 3.63) is 65.0 Å². The van der Waals surface area contributed by atoms with Crippen LogP contribution in [0.25, 0.3) is 5.65 Å². The normalized spacial score (nSPS) is 11.0. The molecule has 3 aromatic rings. The summed E-state index contributed by atoms with van der Waals surface area (Å²) in [5, 5.41) is 9.02. The Labute approximate surface area is 131 Å². The maximum Gasteiger partial charge on any atom is 0.258 e. The van der Waals surface area contributed by atoms with Crippen molar-refractivity contribution in [1.29, 1.82) is 0 Å². The molecule has 0 aromatic carbocycles. The Bertz CT molecular complexity index is 883. The van der Waals surface area contributed by atoms with Crippen LogP contribution in [0.3, 0.4) is 0 Å². The highest BCUT2D eigenvalue weighted by Gasteiger charge is 2.09. The molecule has 0 radical (unpaired) electrons. The van der Waals surface area contributed by atoms with Gasteiger partial charge in [0.15, 0.2) is 5.16 Å². The van der Waals surface area contributed by atoms with E-state index in [0.717, 1.165) is 16.7 Å². The van der Waals surface area contributed by atoms with Crippen LogP contribution < -0.4 is 5.56 Å². The summed E-state index contributed by atoms with van der Waals surface area (Å²) < 4.78 is 3.50. The zero-order valence-corrected chi connectivity index (χ0v) is 13.0. The van der Waals surface area contributed by atoms with Crippen molar-refractivity contribution in [2.45, 2.75) is 24.4 Å². The van der Waals surface area contributed by atoms with Gasteiger partial charge in [-0.3, -0.25) is 9.20 Å². The number of aryl methyl sites for hydroxylation is 1. The monoisotopic (exact) mass is 313 g/mol. The van der Waals surface area contributed by atoms with Gasteiger partial charge in [-0.25, -0.2) is 4.98 Å². The molecule has 7 heteroatoms. The van der Waals surface area contributed by atoms with Crippen molar-refractivity contribution in [3.63, 3.8) is 0 Å². The number of rotatable bonds is 5. The Morgan fingerprint density at radius 1 is 1.36 bits per heavy atom. The first-order chi connectivity index (χ1) is 10.7. The number of fused-ring (bicyclic) bond motifs is 1. The van der Waals surface area contributed by atoms with Gasteiger partial charge in [0.2, 0.25) is 0 Å². The maximum atomic E-state index is 12.1. The smallest absolute Gasteiger partial charge is 0.258 e. The number of thioether (sulfide) groups is 1. The summed E-state index contributed by atoms with van der Waals surface area (Å²) in [6, 6.07) is 7.05. The average Bonchev–Trinajstić information content (AvgIpc) is 2.86. The molecule has 0 N–H and O–H groups in total. The fraction of sp³-hybridized carbons (Fsp3) is 0.200. The Kier molecular flexibility index (Phi) is 4.06. The van der Waals surface area contributed by atoms with Crippen LogP contribution in [0.4, 0.5) is 0 Å². The molecule has 3 aromatic heterocycles. The minimum Gasteiger partial charge on any atom is -0.302 e. The molecule has 3 rings (SSSR count). The van der Waals surface area contributed by atoms with E-state index in [9.17, 15) is 4.79 Å². The molecular formula is C15H15N5OS. The van der Waals surface area contributed by atoms with E-state index < -0.39 is 0 Å². The van der Waals surface area contributed by atoms with Gasteiger partial charge in [0.05, 0.1) is 5.69 Å². The van der Waals surface area contributed by atoms with Gasteiger partial charge in [0.25, 0.3) is 5.56 Å². The topological polar surface area (TPSA) is 65.1 Å². The van der Waals surface area contributed by atoms with Crippen LogP contribution in [0.15, 0.2) is 53.1 Å². The zero-order chi connectivity index (χ0) is 15.5. The third-order valence-corrected chi connectivity index (χ3v) is 4.19. The van der Waals surface area contributed by atoms with Gasteiger partial charge in [-0.15, -0.1) is 16.8 Å². The summed E-state index contributed by atoms with van der Waals surface area (Å²) >= 11 is 1.51. The molecule has 0 fully saturated rings. The van der Waals surface area contributed by atoms with Crippen molar-refractivity contribution < 1.29 is 0 Å². The van der Waals surface area contributed by atoms with Gasteiger partial charge in [0.1, 0.15) is 11.5 Å². The van der Waals surface area contributed by atoms with Crippen LogP contribution in [0.1, 0.15) is 11.5 Å². The molecule has 112 valence electrons. The van der Waals surface area contributed by atoms with E-state index >= 15 is 0 Å². The maximum absolute atomic E-state index is 12.1. The Balaban J connectivity index is 1.85. The molecule has 6 nitrogen and oxygen atoms in total.